The van der Waals surface area contributed by atoms with Gasteiger partial charge in [0.1, 0.15) is 0 Å². The highest BCUT2D eigenvalue weighted by molar-refractivity contribution is 6.42. The Labute approximate surface area is 199 Å². The summed E-state index contributed by atoms with van der Waals surface area (Å²) < 4.78 is 10.9. The first kappa shape index (κ1) is 23.2. The molecule has 0 aromatic heterocycles. The van der Waals surface area contributed by atoms with Crippen molar-refractivity contribution in [1.29, 1.82) is 0 Å². The van der Waals surface area contributed by atoms with Gasteiger partial charge >= 0.3 is 11.9 Å². The highest BCUT2D eigenvalue weighted by Crippen LogP contribution is 2.53. The van der Waals surface area contributed by atoms with Gasteiger partial charge in [-0.3, -0.25) is 14.4 Å². The van der Waals surface area contributed by atoms with Crippen LogP contribution in [0.15, 0.2) is 78.9 Å². The average molecular weight is 455 g/mol. The minimum Gasteiger partial charge on any atom is -0.465 e. The molecule has 0 spiro atoms. The minimum absolute atomic E-state index is 0.0748. The number of benzene rings is 3. The lowest BCUT2D eigenvalue weighted by atomic mass is 9.74. The van der Waals surface area contributed by atoms with Crippen LogP contribution in [0.25, 0.3) is 11.1 Å². The summed E-state index contributed by atoms with van der Waals surface area (Å²) in [6, 6.07) is 23.3. The Morgan fingerprint density at radius 1 is 0.765 bits per heavy atom. The van der Waals surface area contributed by atoms with Crippen LogP contribution in [-0.2, 0) is 24.5 Å². The third kappa shape index (κ3) is 3.63. The standard InChI is InChI=1S/C29H26O5/c1-4-33-27(31)29(28(32)34-5-2)23-17-10-9-16-22(23)24(25(29)20-13-7-6-8-14-20)26(30)21-15-11-12-19(3)18-21/h6-18H,4-5H2,1-3H3. The molecule has 4 rings (SSSR count). The molecule has 0 radical (unpaired) electrons. The van der Waals surface area contributed by atoms with Gasteiger partial charge in [0.15, 0.2) is 5.78 Å². The molecule has 3 aromatic carbocycles. The van der Waals surface area contributed by atoms with Gasteiger partial charge in [-0.1, -0.05) is 78.4 Å². The molecule has 0 amide bonds. The fraction of sp³-hybridized carbons (Fsp3) is 0.207. The Kier molecular flexibility index (Phi) is 6.46. The molecular weight excluding hydrogens is 428 g/mol. The number of allylic oxidation sites excluding steroid dienone is 1. The zero-order chi connectivity index (χ0) is 24.3. The average Bonchev–Trinajstić information content (AvgIpc) is 3.16. The molecule has 0 N–H and O–H groups in total. The lowest BCUT2D eigenvalue weighted by molar-refractivity contribution is -0.161. The number of esters is 2. The molecule has 3 aromatic rings. The lowest BCUT2D eigenvalue weighted by Gasteiger charge is -2.29. The van der Waals surface area contributed by atoms with Gasteiger partial charge in [0, 0.05) is 16.7 Å². The largest absolute Gasteiger partial charge is 0.465 e. The molecular formula is C29H26O5. The van der Waals surface area contributed by atoms with Crippen LogP contribution in [0, 0.1) is 6.92 Å². The fourth-order valence-electron chi connectivity index (χ4n) is 4.60. The summed E-state index contributed by atoms with van der Waals surface area (Å²) in [4.78, 5) is 41.5. The predicted molar refractivity (Wildman–Crippen MR) is 130 cm³/mol. The molecule has 1 aliphatic rings. The van der Waals surface area contributed by atoms with Gasteiger partial charge in [-0.2, -0.15) is 0 Å². The van der Waals surface area contributed by atoms with E-state index in [0.717, 1.165) is 5.56 Å². The number of carbonyl (C=O) groups excluding carboxylic acids is 3. The molecule has 0 atom stereocenters. The molecule has 0 saturated carbocycles. The van der Waals surface area contributed by atoms with Crippen LogP contribution in [0.2, 0.25) is 0 Å². The van der Waals surface area contributed by atoms with Crippen molar-refractivity contribution in [2.75, 3.05) is 13.2 Å². The molecule has 34 heavy (non-hydrogen) atoms. The zero-order valence-electron chi connectivity index (χ0n) is 19.5. The van der Waals surface area contributed by atoms with E-state index in [2.05, 4.69) is 0 Å². The number of aryl methyl sites for hydroxylation is 1. The van der Waals surface area contributed by atoms with E-state index in [1.807, 2.05) is 25.1 Å². The van der Waals surface area contributed by atoms with E-state index >= 15 is 0 Å². The molecule has 1 aliphatic carbocycles. The van der Waals surface area contributed by atoms with Crippen molar-refractivity contribution < 1.29 is 23.9 Å². The predicted octanol–water partition coefficient (Wildman–Crippen LogP) is 5.17. The maximum absolute atomic E-state index is 14.0. The Balaban J connectivity index is 2.14. The van der Waals surface area contributed by atoms with Gasteiger partial charge in [0.25, 0.3) is 0 Å². The number of hydrogen-bond acceptors (Lipinski definition) is 5. The number of rotatable bonds is 7. The van der Waals surface area contributed by atoms with Crippen molar-refractivity contribution in [3.8, 4) is 0 Å². The van der Waals surface area contributed by atoms with Crippen LogP contribution in [0.5, 0.6) is 0 Å². The van der Waals surface area contributed by atoms with Crippen molar-refractivity contribution in [2.24, 2.45) is 0 Å². The van der Waals surface area contributed by atoms with Crippen LogP contribution in [0.3, 0.4) is 0 Å². The van der Waals surface area contributed by atoms with Crippen LogP contribution >= 0.6 is 0 Å². The summed E-state index contributed by atoms with van der Waals surface area (Å²) in [5.74, 6) is -1.79. The van der Waals surface area contributed by atoms with Gasteiger partial charge in [0.05, 0.1) is 13.2 Å². The van der Waals surface area contributed by atoms with Gasteiger partial charge in [-0.25, -0.2) is 0 Å². The lowest BCUT2D eigenvalue weighted by Crippen LogP contribution is -2.46. The second kappa shape index (κ2) is 9.48. The fourth-order valence-corrected chi connectivity index (χ4v) is 4.60. The highest BCUT2D eigenvalue weighted by atomic mass is 16.6. The maximum Gasteiger partial charge on any atom is 0.332 e. The van der Waals surface area contributed by atoms with E-state index in [4.69, 9.17) is 9.47 Å². The summed E-state index contributed by atoms with van der Waals surface area (Å²) in [5.41, 5.74) is 1.57. The van der Waals surface area contributed by atoms with Gasteiger partial charge in [-0.05, 0) is 43.5 Å². The third-order valence-corrected chi connectivity index (χ3v) is 5.96. The smallest absolute Gasteiger partial charge is 0.332 e. The number of carbonyl (C=O) groups is 3. The number of fused-ring (bicyclic) bond motifs is 1. The van der Waals surface area contributed by atoms with E-state index in [9.17, 15) is 14.4 Å². The first-order valence-electron chi connectivity index (χ1n) is 11.3. The number of ether oxygens (including phenoxy) is 2. The third-order valence-electron chi connectivity index (χ3n) is 5.96. The molecule has 0 bridgehead atoms. The molecule has 0 aliphatic heterocycles. The van der Waals surface area contributed by atoms with Crippen molar-refractivity contribution in [3.05, 3.63) is 107 Å². The van der Waals surface area contributed by atoms with Crippen molar-refractivity contribution in [3.63, 3.8) is 0 Å². The van der Waals surface area contributed by atoms with Crippen LogP contribution in [0.1, 0.15) is 46.5 Å². The molecule has 172 valence electrons. The minimum atomic E-state index is -1.92. The van der Waals surface area contributed by atoms with Gasteiger partial charge < -0.3 is 9.47 Å². The van der Waals surface area contributed by atoms with Crippen molar-refractivity contribution in [1.82, 2.24) is 0 Å². The Bertz CT molecular complexity index is 1270. The van der Waals surface area contributed by atoms with E-state index < -0.39 is 17.4 Å². The first-order chi connectivity index (χ1) is 16.5. The van der Waals surface area contributed by atoms with E-state index in [0.29, 0.717) is 27.8 Å². The molecule has 0 heterocycles. The van der Waals surface area contributed by atoms with Gasteiger partial charge in [0.2, 0.25) is 5.41 Å². The quantitative estimate of drug-likeness (QED) is 0.280. The normalized spacial score (nSPS) is 13.9. The second-order valence-corrected chi connectivity index (χ2v) is 8.05. The number of ketones is 1. The van der Waals surface area contributed by atoms with Crippen LogP contribution < -0.4 is 0 Å². The van der Waals surface area contributed by atoms with Gasteiger partial charge in [-0.15, -0.1) is 0 Å². The topological polar surface area (TPSA) is 69.7 Å². The SMILES string of the molecule is CCOC(=O)C1(C(=O)OCC)C(c2ccccc2)=C(C(=O)c2cccc(C)c2)c2ccccc21. The summed E-state index contributed by atoms with van der Waals surface area (Å²) >= 11 is 0. The second-order valence-electron chi connectivity index (χ2n) is 8.05. The first-order valence-corrected chi connectivity index (χ1v) is 11.3. The van der Waals surface area contributed by atoms with E-state index in [1.54, 1.807) is 74.5 Å². The number of Topliss-reactive ketones (excluding diaryl/α,β-unsaturated/α-hetero) is 1. The van der Waals surface area contributed by atoms with Crippen LogP contribution in [0.4, 0.5) is 0 Å². The van der Waals surface area contributed by atoms with Crippen molar-refractivity contribution >= 4 is 28.9 Å². The summed E-state index contributed by atoms with van der Waals surface area (Å²) in [6.07, 6.45) is 0. The zero-order valence-corrected chi connectivity index (χ0v) is 19.5. The Morgan fingerprint density at radius 3 is 2.00 bits per heavy atom. The molecule has 5 nitrogen and oxygen atoms in total. The van der Waals surface area contributed by atoms with Crippen LogP contribution in [-0.4, -0.2) is 30.9 Å². The van der Waals surface area contributed by atoms with E-state index in [1.165, 1.54) is 0 Å². The highest BCUT2D eigenvalue weighted by Gasteiger charge is 2.60. The molecule has 0 fully saturated rings. The molecule has 0 saturated heterocycles. The van der Waals surface area contributed by atoms with Crippen molar-refractivity contribution in [2.45, 2.75) is 26.2 Å². The summed E-state index contributed by atoms with van der Waals surface area (Å²) in [7, 11) is 0. The van der Waals surface area contributed by atoms with E-state index in [-0.39, 0.29) is 24.6 Å². The Morgan fingerprint density at radius 2 is 1.38 bits per heavy atom. The summed E-state index contributed by atoms with van der Waals surface area (Å²) in [5, 5.41) is 0. The maximum atomic E-state index is 14.0. The molecule has 0 unspecified atom stereocenters. The molecule has 5 heteroatoms. The monoisotopic (exact) mass is 454 g/mol. The Hall–Kier alpha value is -3.99. The number of hydrogen-bond donors (Lipinski definition) is 0. The summed E-state index contributed by atoms with van der Waals surface area (Å²) in [6.45, 7) is 5.43.